The van der Waals surface area contributed by atoms with Crippen molar-refractivity contribution in [1.29, 1.82) is 0 Å². The highest BCUT2D eigenvalue weighted by Crippen LogP contribution is 2.18. The second-order valence-corrected chi connectivity index (χ2v) is 24.1. The van der Waals surface area contributed by atoms with Crippen molar-refractivity contribution < 1.29 is 28.6 Å². The van der Waals surface area contributed by atoms with Crippen LogP contribution in [0.1, 0.15) is 380 Å². The third-order valence-electron chi connectivity index (χ3n) is 16.0. The van der Waals surface area contributed by atoms with Gasteiger partial charge in [-0.3, -0.25) is 14.4 Å². The summed E-state index contributed by atoms with van der Waals surface area (Å²) in [5.74, 6) is -0.892. The van der Waals surface area contributed by atoms with Crippen molar-refractivity contribution in [3.05, 3.63) is 60.8 Å². The number of unbranched alkanes of at least 4 members (excludes halogenated alkanes) is 45. The fraction of sp³-hybridized carbons (Fsp3) is 0.827. The van der Waals surface area contributed by atoms with Crippen LogP contribution in [0.2, 0.25) is 0 Å². The molecule has 0 saturated carbocycles. The molecule has 1 unspecified atom stereocenters. The number of ether oxygens (including phenoxy) is 3. The van der Waals surface area contributed by atoms with Crippen molar-refractivity contribution in [1.82, 2.24) is 0 Å². The second-order valence-electron chi connectivity index (χ2n) is 24.1. The molecule has 6 nitrogen and oxygen atoms in total. The summed E-state index contributed by atoms with van der Waals surface area (Å²) in [4.78, 5) is 38.4. The van der Waals surface area contributed by atoms with Gasteiger partial charge < -0.3 is 14.2 Å². The number of esters is 3. The summed E-state index contributed by atoms with van der Waals surface area (Å²) in [6.45, 7) is 6.56. The van der Waals surface area contributed by atoms with Gasteiger partial charge in [0.1, 0.15) is 13.2 Å². The number of hydrogen-bond donors (Lipinski definition) is 0. The molecule has 0 saturated heterocycles. The van der Waals surface area contributed by atoms with Gasteiger partial charge in [0.25, 0.3) is 0 Å². The van der Waals surface area contributed by atoms with E-state index in [4.69, 9.17) is 14.2 Å². The standard InChI is InChI=1S/C75H136O6/c1-4-7-10-13-16-19-22-25-27-29-31-33-34-35-36-37-38-39-40-42-43-45-47-50-53-56-59-62-65-68-74(77)80-71-72(70-79-73(76)67-64-61-58-55-52-49-24-21-18-15-12-9-6-3)81-75(78)69-66-63-60-57-54-51-48-46-44-41-32-30-28-26-23-20-17-14-11-8-5-2/h9,12,18,21,29-32,49,52,72H,4-8,10-11,13-17,19-20,22-28,33-48,50-51,53-71H2,1-3H3/b12-9-,21-18-,31-29-,32-30-,52-49-. The molecule has 0 amide bonds. The van der Waals surface area contributed by atoms with Gasteiger partial charge in [0.2, 0.25) is 0 Å². The Bertz CT molecular complexity index is 1440. The topological polar surface area (TPSA) is 78.9 Å². The van der Waals surface area contributed by atoms with Crippen LogP contribution in [0.15, 0.2) is 60.8 Å². The van der Waals surface area contributed by atoms with Crippen LogP contribution in [0.5, 0.6) is 0 Å². The van der Waals surface area contributed by atoms with Crippen LogP contribution in [0, 0.1) is 0 Å². The number of allylic oxidation sites excluding steroid dienone is 10. The molecule has 0 aliphatic heterocycles. The molecule has 1 atom stereocenters. The van der Waals surface area contributed by atoms with Crippen molar-refractivity contribution in [3.8, 4) is 0 Å². The highest BCUT2D eigenvalue weighted by molar-refractivity contribution is 5.71. The summed E-state index contributed by atoms with van der Waals surface area (Å²) >= 11 is 0. The van der Waals surface area contributed by atoms with Crippen LogP contribution in [-0.4, -0.2) is 37.2 Å². The first kappa shape index (κ1) is 78.1. The van der Waals surface area contributed by atoms with E-state index in [1.165, 1.54) is 257 Å². The van der Waals surface area contributed by atoms with Crippen LogP contribution in [0.25, 0.3) is 0 Å². The van der Waals surface area contributed by atoms with E-state index in [9.17, 15) is 14.4 Å². The van der Waals surface area contributed by atoms with Crippen molar-refractivity contribution in [2.75, 3.05) is 13.2 Å². The molecule has 0 fully saturated rings. The summed E-state index contributed by atoms with van der Waals surface area (Å²) in [5.41, 5.74) is 0. The van der Waals surface area contributed by atoms with E-state index in [1.807, 2.05) is 0 Å². The van der Waals surface area contributed by atoms with Gasteiger partial charge in [0.05, 0.1) is 0 Å². The van der Waals surface area contributed by atoms with E-state index >= 15 is 0 Å². The maximum Gasteiger partial charge on any atom is 0.306 e. The Kier molecular flexibility index (Phi) is 67.1. The molecular weight excluding hydrogens is 997 g/mol. The van der Waals surface area contributed by atoms with E-state index in [-0.39, 0.29) is 31.1 Å². The Balaban J connectivity index is 4.21. The van der Waals surface area contributed by atoms with Gasteiger partial charge >= 0.3 is 17.9 Å². The van der Waals surface area contributed by atoms with Gasteiger partial charge in [-0.2, -0.15) is 0 Å². The molecule has 0 bridgehead atoms. The molecule has 6 heteroatoms. The minimum absolute atomic E-state index is 0.0812. The molecule has 81 heavy (non-hydrogen) atoms. The molecule has 0 N–H and O–H groups in total. The zero-order chi connectivity index (χ0) is 58.5. The first-order valence-electron chi connectivity index (χ1n) is 35.8. The zero-order valence-corrected chi connectivity index (χ0v) is 54.3. The molecule has 0 aromatic rings. The van der Waals surface area contributed by atoms with E-state index in [0.29, 0.717) is 19.3 Å². The molecular formula is C75H136O6. The van der Waals surface area contributed by atoms with Crippen LogP contribution in [-0.2, 0) is 28.6 Å². The summed E-state index contributed by atoms with van der Waals surface area (Å²) in [6.07, 6.45) is 89.8. The second kappa shape index (κ2) is 69.6. The SMILES string of the molecule is CC/C=C\C/C=C\C/C=C\CCCCCC(=O)OCC(COC(=O)CCCCCCCCCCCCCCCCCCC/C=C\CCCCCCCCCC)OC(=O)CCCCCCCCCCC/C=C\CCCCCCCCCC. The lowest BCUT2D eigenvalue weighted by Gasteiger charge is -2.18. The minimum atomic E-state index is -0.788. The third-order valence-corrected chi connectivity index (χ3v) is 16.0. The van der Waals surface area contributed by atoms with Crippen molar-refractivity contribution in [2.24, 2.45) is 0 Å². The summed E-state index contributed by atoms with van der Waals surface area (Å²) in [6, 6.07) is 0. The molecule has 0 aromatic carbocycles. The van der Waals surface area contributed by atoms with Crippen LogP contribution in [0.4, 0.5) is 0 Å². The summed E-state index contributed by atoms with van der Waals surface area (Å²) in [7, 11) is 0. The van der Waals surface area contributed by atoms with E-state index < -0.39 is 6.10 Å². The number of carbonyl (C=O) groups is 3. The molecule has 0 heterocycles. The Hall–Kier alpha value is -2.89. The molecule has 472 valence electrons. The quantitative estimate of drug-likeness (QED) is 0.0261. The minimum Gasteiger partial charge on any atom is -0.462 e. The third kappa shape index (κ3) is 67.8. The lowest BCUT2D eigenvalue weighted by atomic mass is 10.0. The lowest BCUT2D eigenvalue weighted by Crippen LogP contribution is -2.30. The van der Waals surface area contributed by atoms with E-state index in [1.54, 1.807) is 0 Å². The highest BCUT2D eigenvalue weighted by Gasteiger charge is 2.19. The summed E-state index contributed by atoms with van der Waals surface area (Å²) in [5, 5.41) is 0. The Morgan fingerprint density at radius 3 is 0.778 bits per heavy atom. The van der Waals surface area contributed by atoms with Crippen LogP contribution < -0.4 is 0 Å². The maximum absolute atomic E-state index is 12.9. The Morgan fingerprint density at radius 2 is 0.481 bits per heavy atom. The molecule has 0 rings (SSSR count). The molecule has 0 aliphatic carbocycles. The zero-order valence-electron chi connectivity index (χ0n) is 54.3. The predicted octanol–water partition coefficient (Wildman–Crippen LogP) is 24.7. The van der Waals surface area contributed by atoms with Gasteiger partial charge in [-0.1, -0.05) is 319 Å². The highest BCUT2D eigenvalue weighted by atomic mass is 16.6. The van der Waals surface area contributed by atoms with Gasteiger partial charge in [-0.05, 0) is 103 Å². The molecule has 0 aromatic heterocycles. The average molecular weight is 1130 g/mol. The molecule has 0 spiro atoms. The first-order valence-corrected chi connectivity index (χ1v) is 35.8. The largest absolute Gasteiger partial charge is 0.462 e. The van der Waals surface area contributed by atoms with Gasteiger partial charge in [0.15, 0.2) is 6.10 Å². The molecule has 0 radical (unpaired) electrons. The van der Waals surface area contributed by atoms with Crippen molar-refractivity contribution in [3.63, 3.8) is 0 Å². The lowest BCUT2D eigenvalue weighted by molar-refractivity contribution is -0.167. The Labute approximate surface area is 504 Å². The van der Waals surface area contributed by atoms with Gasteiger partial charge in [-0.15, -0.1) is 0 Å². The van der Waals surface area contributed by atoms with Crippen molar-refractivity contribution in [2.45, 2.75) is 386 Å². The normalized spacial score (nSPS) is 12.4. The van der Waals surface area contributed by atoms with Gasteiger partial charge in [-0.25, -0.2) is 0 Å². The Morgan fingerprint density at radius 1 is 0.259 bits per heavy atom. The maximum atomic E-state index is 12.9. The van der Waals surface area contributed by atoms with Crippen LogP contribution >= 0.6 is 0 Å². The smallest absolute Gasteiger partial charge is 0.306 e. The summed E-state index contributed by atoms with van der Waals surface area (Å²) < 4.78 is 17.0. The number of rotatable bonds is 66. The number of carbonyl (C=O) groups excluding carboxylic acids is 3. The van der Waals surface area contributed by atoms with Crippen molar-refractivity contribution >= 4 is 17.9 Å². The van der Waals surface area contributed by atoms with E-state index in [0.717, 1.165) is 83.5 Å². The van der Waals surface area contributed by atoms with E-state index in [2.05, 4.69) is 81.5 Å². The first-order chi connectivity index (χ1) is 40.0. The fourth-order valence-electron chi connectivity index (χ4n) is 10.6. The van der Waals surface area contributed by atoms with Gasteiger partial charge in [0, 0.05) is 19.3 Å². The fourth-order valence-corrected chi connectivity index (χ4v) is 10.6. The number of hydrogen-bond acceptors (Lipinski definition) is 6. The monoisotopic (exact) mass is 1130 g/mol. The van der Waals surface area contributed by atoms with Crippen LogP contribution in [0.3, 0.4) is 0 Å². The predicted molar refractivity (Wildman–Crippen MR) is 353 cm³/mol. The molecule has 0 aliphatic rings. The average Bonchev–Trinajstić information content (AvgIpc) is 3.46.